The lowest BCUT2D eigenvalue weighted by atomic mass is 9.86. The first-order chi connectivity index (χ1) is 15.3. The maximum Gasteiger partial charge on any atom is 0.341 e. The third-order valence-corrected chi connectivity index (χ3v) is 6.33. The summed E-state index contributed by atoms with van der Waals surface area (Å²) in [5.74, 6) is 0.203. The van der Waals surface area contributed by atoms with Crippen molar-refractivity contribution >= 4 is 5.97 Å². The van der Waals surface area contributed by atoms with E-state index in [4.69, 9.17) is 18.9 Å². The third-order valence-electron chi connectivity index (χ3n) is 6.33. The molecule has 1 atom stereocenters. The number of carboxylic acids is 1. The number of carbonyl (C=O) groups is 1. The van der Waals surface area contributed by atoms with Gasteiger partial charge >= 0.3 is 5.97 Å². The zero-order valence-corrected chi connectivity index (χ0v) is 18.8. The molecule has 1 aromatic carbocycles. The Hall–Kier alpha value is -2.84. The fraction of sp³-hybridized carbons (Fsp3) is 0.500. The summed E-state index contributed by atoms with van der Waals surface area (Å²) < 4.78 is 24.4. The zero-order chi connectivity index (χ0) is 23.0. The molecule has 8 nitrogen and oxygen atoms in total. The quantitative estimate of drug-likeness (QED) is 0.670. The number of aromatic nitrogens is 1. The van der Waals surface area contributed by atoms with Gasteiger partial charge in [-0.05, 0) is 30.0 Å². The molecule has 8 heteroatoms. The van der Waals surface area contributed by atoms with Gasteiger partial charge in [0.15, 0.2) is 16.9 Å². The standard InChI is InChI=1S/C24H29NO7/c1-14(2)18-5-15-6-22(32-13-24(10-29-3)11-31-12-24)21(30-4)7-16(15)19-8-20(26)17(23(27)28)9-25(18)19/h6-9,14,18H,5,10-13H2,1-4H3,(H,27,28)/t18-/m0/s1. The van der Waals surface area contributed by atoms with Crippen LogP contribution in [0.25, 0.3) is 11.3 Å². The summed E-state index contributed by atoms with van der Waals surface area (Å²) in [6.45, 7) is 6.35. The highest BCUT2D eigenvalue weighted by Gasteiger charge is 2.40. The molecule has 1 N–H and O–H groups in total. The number of hydrogen-bond acceptors (Lipinski definition) is 6. The van der Waals surface area contributed by atoms with E-state index < -0.39 is 11.4 Å². The molecule has 1 aromatic heterocycles. The van der Waals surface area contributed by atoms with Crippen molar-refractivity contribution in [2.24, 2.45) is 11.3 Å². The Bertz CT molecular complexity index is 1080. The van der Waals surface area contributed by atoms with Crippen molar-refractivity contribution in [1.82, 2.24) is 4.57 Å². The highest BCUT2D eigenvalue weighted by molar-refractivity contribution is 5.88. The second-order valence-electron chi connectivity index (χ2n) is 9.04. The van der Waals surface area contributed by atoms with E-state index in [1.165, 1.54) is 12.3 Å². The molecule has 2 aromatic rings. The predicted octanol–water partition coefficient (Wildman–Crippen LogP) is 3.02. The summed E-state index contributed by atoms with van der Waals surface area (Å²) >= 11 is 0. The molecule has 0 aliphatic carbocycles. The highest BCUT2D eigenvalue weighted by atomic mass is 16.5. The van der Waals surface area contributed by atoms with Crippen LogP contribution in [0.1, 0.15) is 35.8 Å². The van der Waals surface area contributed by atoms with E-state index in [9.17, 15) is 14.7 Å². The van der Waals surface area contributed by atoms with E-state index in [-0.39, 0.29) is 22.9 Å². The Morgan fingerprint density at radius 1 is 1.22 bits per heavy atom. The number of nitrogens with zero attached hydrogens (tertiary/aromatic N) is 1. The monoisotopic (exact) mass is 443 g/mol. The average Bonchev–Trinajstić information content (AvgIpc) is 2.73. The number of rotatable bonds is 8. The molecule has 0 saturated carbocycles. The van der Waals surface area contributed by atoms with Gasteiger partial charge in [0.05, 0.1) is 38.0 Å². The van der Waals surface area contributed by atoms with Crippen LogP contribution in [0, 0.1) is 11.3 Å². The molecular weight excluding hydrogens is 414 g/mol. The Labute approximate surface area is 186 Å². The van der Waals surface area contributed by atoms with E-state index in [0.717, 1.165) is 11.1 Å². The molecule has 172 valence electrons. The smallest absolute Gasteiger partial charge is 0.341 e. The lowest BCUT2D eigenvalue weighted by Gasteiger charge is -2.40. The van der Waals surface area contributed by atoms with E-state index in [1.807, 2.05) is 16.7 Å². The molecule has 32 heavy (non-hydrogen) atoms. The van der Waals surface area contributed by atoms with E-state index in [2.05, 4.69) is 13.8 Å². The van der Waals surface area contributed by atoms with Gasteiger partial charge in [-0.3, -0.25) is 4.79 Å². The number of fused-ring (bicyclic) bond motifs is 3. The summed E-state index contributed by atoms with van der Waals surface area (Å²) in [7, 11) is 3.24. The Kier molecular flexibility index (Phi) is 6.01. The third kappa shape index (κ3) is 3.89. The summed E-state index contributed by atoms with van der Waals surface area (Å²) in [5, 5.41) is 9.43. The Morgan fingerprint density at radius 2 is 1.97 bits per heavy atom. The van der Waals surface area contributed by atoms with Crippen LogP contribution in [0.4, 0.5) is 0 Å². The lowest BCUT2D eigenvalue weighted by Crippen LogP contribution is -2.50. The summed E-state index contributed by atoms with van der Waals surface area (Å²) in [6.07, 6.45) is 2.16. The first-order valence-corrected chi connectivity index (χ1v) is 10.7. The van der Waals surface area contributed by atoms with Gasteiger partial charge in [-0.2, -0.15) is 0 Å². The Balaban J connectivity index is 1.76. The molecule has 0 unspecified atom stereocenters. The van der Waals surface area contributed by atoms with Crippen LogP contribution in [0.2, 0.25) is 0 Å². The fourth-order valence-corrected chi connectivity index (χ4v) is 4.50. The van der Waals surface area contributed by atoms with Gasteiger partial charge in [0.2, 0.25) is 0 Å². The minimum atomic E-state index is -1.22. The molecule has 1 fully saturated rings. The van der Waals surface area contributed by atoms with Crippen molar-refractivity contribution < 1.29 is 28.8 Å². The summed E-state index contributed by atoms with van der Waals surface area (Å²) in [4.78, 5) is 24.0. The number of hydrogen-bond donors (Lipinski definition) is 1. The van der Waals surface area contributed by atoms with Gasteiger partial charge in [-0.15, -0.1) is 0 Å². The van der Waals surface area contributed by atoms with Crippen LogP contribution in [-0.2, 0) is 15.9 Å². The van der Waals surface area contributed by atoms with Gasteiger partial charge in [-0.1, -0.05) is 13.8 Å². The molecule has 1 saturated heterocycles. The van der Waals surface area contributed by atoms with Crippen molar-refractivity contribution in [3.8, 4) is 22.8 Å². The second-order valence-corrected chi connectivity index (χ2v) is 9.04. The van der Waals surface area contributed by atoms with Crippen LogP contribution in [-0.4, -0.2) is 56.3 Å². The molecule has 3 heterocycles. The largest absolute Gasteiger partial charge is 0.493 e. The molecule has 0 spiro atoms. The van der Waals surface area contributed by atoms with Crippen molar-refractivity contribution in [1.29, 1.82) is 0 Å². The van der Waals surface area contributed by atoms with Crippen molar-refractivity contribution in [2.75, 3.05) is 40.6 Å². The van der Waals surface area contributed by atoms with E-state index >= 15 is 0 Å². The van der Waals surface area contributed by atoms with Gasteiger partial charge in [0, 0.05) is 31.0 Å². The SMILES string of the molecule is COCC1(COc2cc3c(cc2OC)-c2cc(=O)c(C(=O)O)cn2[C@H](C(C)C)C3)COC1. The zero-order valence-electron chi connectivity index (χ0n) is 18.8. The lowest BCUT2D eigenvalue weighted by molar-refractivity contribution is -0.159. The highest BCUT2D eigenvalue weighted by Crippen LogP contribution is 2.43. The van der Waals surface area contributed by atoms with Crippen LogP contribution in [0.5, 0.6) is 11.5 Å². The molecule has 0 amide bonds. The number of ether oxygens (including phenoxy) is 4. The summed E-state index contributed by atoms with van der Waals surface area (Å²) in [5.41, 5.74) is 1.67. The van der Waals surface area contributed by atoms with Crippen molar-refractivity contribution in [3.63, 3.8) is 0 Å². The first-order valence-electron chi connectivity index (χ1n) is 10.7. The van der Waals surface area contributed by atoms with Crippen molar-refractivity contribution in [3.05, 3.63) is 45.7 Å². The number of carboxylic acid groups (broad SMARTS) is 1. The molecular formula is C24H29NO7. The minimum absolute atomic E-state index is 0.0114. The van der Waals surface area contributed by atoms with E-state index in [1.54, 1.807) is 14.2 Å². The van der Waals surface area contributed by atoms with Crippen molar-refractivity contribution in [2.45, 2.75) is 26.3 Å². The number of aromatic carboxylic acids is 1. The van der Waals surface area contributed by atoms with Crippen LogP contribution in [0.15, 0.2) is 29.2 Å². The van der Waals surface area contributed by atoms with Crippen LogP contribution >= 0.6 is 0 Å². The molecule has 4 rings (SSSR count). The number of methoxy groups -OCH3 is 2. The van der Waals surface area contributed by atoms with Crippen LogP contribution < -0.4 is 14.9 Å². The molecule has 2 aliphatic heterocycles. The topological polar surface area (TPSA) is 96.2 Å². The summed E-state index contributed by atoms with van der Waals surface area (Å²) in [6, 6.07) is 5.27. The van der Waals surface area contributed by atoms with Crippen LogP contribution in [0.3, 0.4) is 0 Å². The van der Waals surface area contributed by atoms with Gasteiger partial charge in [0.25, 0.3) is 0 Å². The second kappa shape index (κ2) is 8.60. The average molecular weight is 443 g/mol. The molecule has 2 aliphatic rings. The van der Waals surface area contributed by atoms with Gasteiger partial charge < -0.3 is 28.6 Å². The number of pyridine rings is 1. The first kappa shape index (κ1) is 22.4. The normalized spacial score (nSPS) is 18.5. The van der Waals surface area contributed by atoms with Gasteiger partial charge in [-0.25, -0.2) is 4.79 Å². The fourth-order valence-electron chi connectivity index (χ4n) is 4.50. The maximum atomic E-state index is 12.5. The maximum absolute atomic E-state index is 12.5. The molecule has 0 bridgehead atoms. The van der Waals surface area contributed by atoms with E-state index in [0.29, 0.717) is 50.0 Å². The minimum Gasteiger partial charge on any atom is -0.493 e. The Morgan fingerprint density at radius 3 is 2.53 bits per heavy atom. The van der Waals surface area contributed by atoms with Gasteiger partial charge in [0.1, 0.15) is 12.2 Å². The predicted molar refractivity (Wildman–Crippen MR) is 118 cm³/mol. The number of benzene rings is 1. The molecule has 0 radical (unpaired) electrons.